The average molecular weight is 472 g/mol. The number of para-hydroxylation sites is 2. The van der Waals surface area contributed by atoms with Crippen LogP contribution in [0, 0.1) is 0 Å². The van der Waals surface area contributed by atoms with Crippen LogP contribution in [0.15, 0.2) is 84.9 Å². The van der Waals surface area contributed by atoms with Crippen LogP contribution >= 0.6 is 0 Å². The van der Waals surface area contributed by atoms with E-state index in [-0.39, 0.29) is 23.7 Å². The number of ketones is 2. The molecule has 172 valence electrons. The normalized spacial score (nSPS) is 11.8. The van der Waals surface area contributed by atoms with Gasteiger partial charge in [-0.2, -0.15) is 13.2 Å². The van der Waals surface area contributed by atoms with Gasteiger partial charge in [0, 0.05) is 11.1 Å². The molecule has 0 radical (unpaired) electrons. The van der Waals surface area contributed by atoms with E-state index in [1.165, 1.54) is 0 Å². The molecule has 0 saturated carbocycles. The van der Waals surface area contributed by atoms with Gasteiger partial charge in [-0.3, -0.25) is 18.7 Å². The van der Waals surface area contributed by atoms with Gasteiger partial charge in [0.25, 0.3) is 5.78 Å². The third-order valence-corrected chi connectivity index (χ3v) is 3.70. The Hall–Kier alpha value is -4.15. The molecule has 0 heterocycles. The van der Waals surface area contributed by atoms with Crippen molar-refractivity contribution >= 4 is 27.7 Å². The van der Waals surface area contributed by atoms with Gasteiger partial charge in [-0.15, -0.1) is 0 Å². The SMILES string of the molecule is O=S(=O)(O)O.Oc1ccccc1.Oc1ccccc1.[N-]=[N+]=C1CC(=O)c2ccccc2C1=O. The molecular weight excluding hydrogens is 452 g/mol. The Labute approximate surface area is 189 Å². The minimum atomic E-state index is -4.67. The van der Waals surface area contributed by atoms with Gasteiger partial charge in [0.05, 0.1) is 0 Å². The molecule has 10 nitrogen and oxygen atoms in total. The van der Waals surface area contributed by atoms with Gasteiger partial charge in [-0.25, -0.2) is 0 Å². The largest absolute Gasteiger partial charge is 0.508 e. The van der Waals surface area contributed by atoms with Gasteiger partial charge >= 0.3 is 16.1 Å². The van der Waals surface area contributed by atoms with Crippen LogP contribution < -0.4 is 0 Å². The second kappa shape index (κ2) is 13.3. The number of phenols is 2. The number of aromatic hydroxyl groups is 2. The monoisotopic (exact) mass is 472 g/mol. The quantitative estimate of drug-likeness (QED) is 0.218. The Morgan fingerprint density at radius 2 is 1.06 bits per heavy atom. The highest BCUT2D eigenvalue weighted by Crippen LogP contribution is 2.18. The summed E-state index contributed by atoms with van der Waals surface area (Å²) in [5, 5.41) is 17.3. The average Bonchev–Trinajstić information content (AvgIpc) is 2.77. The number of hydrogen-bond donors (Lipinski definition) is 4. The van der Waals surface area contributed by atoms with E-state index < -0.39 is 10.4 Å². The van der Waals surface area contributed by atoms with E-state index in [9.17, 15) is 9.59 Å². The van der Waals surface area contributed by atoms with E-state index in [2.05, 4.69) is 4.79 Å². The molecule has 4 rings (SSSR count). The van der Waals surface area contributed by atoms with E-state index in [0.29, 0.717) is 22.6 Å². The van der Waals surface area contributed by atoms with Crippen molar-refractivity contribution in [2.45, 2.75) is 6.42 Å². The van der Waals surface area contributed by atoms with Crippen molar-refractivity contribution in [1.29, 1.82) is 0 Å². The van der Waals surface area contributed by atoms with Crippen molar-refractivity contribution in [3.8, 4) is 11.5 Å². The fourth-order valence-corrected chi connectivity index (χ4v) is 2.34. The Bertz CT molecular complexity index is 1180. The lowest BCUT2D eigenvalue weighted by atomic mass is 9.88. The summed E-state index contributed by atoms with van der Waals surface area (Å²) < 4.78 is 31.6. The van der Waals surface area contributed by atoms with Gasteiger partial charge in [-0.1, -0.05) is 60.7 Å². The predicted molar refractivity (Wildman–Crippen MR) is 119 cm³/mol. The Morgan fingerprint density at radius 1 is 0.697 bits per heavy atom. The lowest BCUT2D eigenvalue weighted by molar-refractivity contribution is -0.00890. The summed E-state index contributed by atoms with van der Waals surface area (Å²) >= 11 is 0. The maximum Gasteiger partial charge on any atom is 0.394 e. The number of nitrogens with zero attached hydrogens (tertiary/aromatic N) is 2. The zero-order valence-corrected chi connectivity index (χ0v) is 17.8. The van der Waals surface area contributed by atoms with E-state index in [4.69, 9.17) is 33.3 Å². The Kier molecular flexibility index (Phi) is 10.8. The lowest BCUT2D eigenvalue weighted by Crippen LogP contribution is -2.27. The van der Waals surface area contributed by atoms with E-state index >= 15 is 0 Å². The second-order valence-electron chi connectivity index (χ2n) is 6.14. The second-order valence-corrected chi connectivity index (χ2v) is 7.04. The van der Waals surface area contributed by atoms with Crippen LogP contribution in [0.2, 0.25) is 0 Å². The van der Waals surface area contributed by atoms with Crippen LogP contribution in [0.5, 0.6) is 11.5 Å². The Balaban J connectivity index is 0.000000243. The topological polar surface area (TPSA) is 186 Å². The maximum atomic E-state index is 11.6. The highest BCUT2D eigenvalue weighted by Gasteiger charge is 2.34. The first kappa shape index (κ1) is 26.9. The number of benzene rings is 3. The summed E-state index contributed by atoms with van der Waals surface area (Å²) in [6.07, 6.45) is -0.119. The predicted octanol–water partition coefficient (Wildman–Crippen LogP) is 3.26. The van der Waals surface area contributed by atoms with Gasteiger partial charge < -0.3 is 15.7 Å². The van der Waals surface area contributed by atoms with Crippen LogP contribution in [-0.2, 0) is 10.4 Å². The molecular formula is C22H20N2O8S. The van der Waals surface area contributed by atoms with Crippen molar-refractivity contribution in [3.63, 3.8) is 0 Å². The molecule has 0 saturated heterocycles. The summed E-state index contributed by atoms with van der Waals surface area (Å²) in [4.78, 5) is 25.8. The highest BCUT2D eigenvalue weighted by molar-refractivity contribution is 7.79. The van der Waals surface area contributed by atoms with Crippen molar-refractivity contribution in [2.75, 3.05) is 0 Å². The summed E-state index contributed by atoms with van der Waals surface area (Å²) in [5.74, 6) is 0.0840. The fourth-order valence-electron chi connectivity index (χ4n) is 2.34. The molecule has 1 aliphatic rings. The van der Waals surface area contributed by atoms with Gasteiger partial charge in [0.15, 0.2) is 5.78 Å². The van der Waals surface area contributed by atoms with Crippen molar-refractivity contribution in [1.82, 2.24) is 0 Å². The van der Waals surface area contributed by atoms with Gasteiger partial charge in [0.2, 0.25) is 0 Å². The molecule has 4 N–H and O–H groups in total. The molecule has 1 aliphatic carbocycles. The molecule has 0 aliphatic heterocycles. The molecule has 0 aromatic heterocycles. The molecule has 0 bridgehead atoms. The van der Waals surface area contributed by atoms with Crippen molar-refractivity contribution in [2.24, 2.45) is 0 Å². The molecule has 33 heavy (non-hydrogen) atoms. The minimum absolute atomic E-state index is 0.0892. The summed E-state index contributed by atoms with van der Waals surface area (Å²) in [5.41, 5.74) is 9.15. The first-order valence-corrected chi connectivity index (χ1v) is 10.5. The van der Waals surface area contributed by atoms with Crippen LogP contribution in [0.1, 0.15) is 27.1 Å². The summed E-state index contributed by atoms with van der Waals surface area (Å²) in [6.45, 7) is 0. The number of rotatable bonds is 0. The van der Waals surface area contributed by atoms with Gasteiger partial charge in [0.1, 0.15) is 17.9 Å². The minimum Gasteiger partial charge on any atom is -0.508 e. The first-order chi connectivity index (χ1) is 15.5. The number of carbonyl (C=O) groups excluding carboxylic acids is 2. The van der Waals surface area contributed by atoms with Crippen molar-refractivity contribution < 1.29 is 42.1 Å². The van der Waals surface area contributed by atoms with Crippen molar-refractivity contribution in [3.05, 3.63) is 102 Å². The molecule has 0 spiro atoms. The van der Waals surface area contributed by atoms with Crippen LogP contribution in [0.3, 0.4) is 0 Å². The Morgan fingerprint density at radius 3 is 1.39 bits per heavy atom. The van der Waals surface area contributed by atoms with E-state index in [1.807, 2.05) is 12.1 Å². The molecule has 11 heteroatoms. The molecule has 0 fully saturated rings. The number of fused-ring (bicyclic) bond motifs is 1. The third-order valence-electron chi connectivity index (χ3n) is 3.70. The van der Waals surface area contributed by atoms with Gasteiger partial charge in [-0.05, 0) is 24.3 Å². The number of carbonyl (C=O) groups is 2. The smallest absolute Gasteiger partial charge is 0.394 e. The van der Waals surface area contributed by atoms with E-state index in [1.54, 1.807) is 72.8 Å². The molecule has 0 atom stereocenters. The maximum absolute atomic E-state index is 11.6. The molecule has 0 amide bonds. The van der Waals surface area contributed by atoms with Crippen LogP contribution in [0.25, 0.3) is 5.53 Å². The molecule has 0 unspecified atom stereocenters. The molecule has 3 aromatic rings. The highest BCUT2D eigenvalue weighted by atomic mass is 32.3. The summed E-state index contributed by atoms with van der Waals surface area (Å²) in [6, 6.07) is 24.0. The van der Waals surface area contributed by atoms with Crippen LogP contribution in [-0.4, -0.2) is 49.8 Å². The first-order valence-electron chi connectivity index (χ1n) is 9.08. The zero-order chi connectivity index (χ0) is 24.9. The number of hydrogen-bond acceptors (Lipinski definition) is 6. The standard InChI is InChI=1S/C10H6N2O2.2C6H6O.H2O4S/c11-12-8-5-9(13)6-3-1-2-4-7(6)10(8)14;2*7-6-4-2-1-3-5-6;1-5(2,3)4/h1-4H,5H2;2*1-5,7H;(H2,1,2,3,4). The third kappa shape index (κ3) is 11.2. The van der Waals surface area contributed by atoms with E-state index in [0.717, 1.165) is 0 Å². The zero-order valence-electron chi connectivity index (χ0n) is 17.0. The lowest BCUT2D eigenvalue weighted by Gasteiger charge is -2.08. The van der Waals surface area contributed by atoms with Crippen LogP contribution in [0.4, 0.5) is 0 Å². The molecule has 3 aromatic carbocycles. The fraction of sp³-hybridized carbons (Fsp3) is 0.0455. The summed E-state index contributed by atoms with van der Waals surface area (Å²) in [7, 11) is -4.67. The number of phenolic OH excluding ortho intramolecular Hbond substituents is 2. The number of Topliss-reactive ketones (excluding diaryl/α,β-unsaturated/α-hetero) is 2.